The van der Waals surface area contributed by atoms with Gasteiger partial charge in [0.1, 0.15) is 0 Å². The summed E-state index contributed by atoms with van der Waals surface area (Å²) in [6.07, 6.45) is 2.27. The molecule has 0 rings (SSSR count). The average Bonchev–Trinajstić information content (AvgIpc) is 2.00. The van der Waals surface area contributed by atoms with E-state index in [0.29, 0.717) is 19.6 Å². The van der Waals surface area contributed by atoms with Gasteiger partial charge in [0.15, 0.2) is 0 Å². The molecule has 0 spiro atoms. The third kappa shape index (κ3) is 3.78. The van der Waals surface area contributed by atoms with E-state index in [9.17, 15) is 4.79 Å². The molecule has 0 heterocycles. The van der Waals surface area contributed by atoms with Crippen molar-refractivity contribution < 1.29 is 9.53 Å². The van der Waals surface area contributed by atoms with Crippen molar-refractivity contribution in [2.75, 3.05) is 13.2 Å². The standard InChI is InChI=1S/C8H15NO2/c1-3-5-7(6-9)8(10)11-4-2/h3,7H,1,4-6,9H2,2H3. The molecule has 1 unspecified atom stereocenters. The van der Waals surface area contributed by atoms with Crippen LogP contribution in [0.4, 0.5) is 0 Å². The van der Waals surface area contributed by atoms with Crippen molar-refractivity contribution in [2.24, 2.45) is 11.7 Å². The van der Waals surface area contributed by atoms with Gasteiger partial charge < -0.3 is 10.5 Å². The first-order chi connectivity index (χ1) is 5.26. The monoisotopic (exact) mass is 157 g/mol. The SMILES string of the molecule is C=CCC(CN)C(=O)OCC. The van der Waals surface area contributed by atoms with Crippen LogP contribution in [0.3, 0.4) is 0 Å². The number of esters is 1. The van der Waals surface area contributed by atoms with Crippen LogP contribution in [0.25, 0.3) is 0 Å². The Morgan fingerprint density at radius 3 is 2.82 bits per heavy atom. The largest absolute Gasteiger partial charge is 0.466 e. The van der Waals surface area contributed by atoms with Gasteiger partial charge in [0.05, 0.1) is 12.5 Å². The van der Waals surface area contributed by atoms with Gasteiger partial charge in [-0.3, -0.25) is 4.79 Å². The molecule has 0 fully saturated rings. The lowest BCUT2D eigenvalue weighted by atomic mass is 10.1. The molecule has 0 amide bonds. The lowest BCUT2D eigenvalue weighted by Gasteiger charge is -2.09. The lowest BCUT2D eigenvalue weighted by Crippen LogP contribution is -2.25. The smallest absolute Gasteiger partial charge is 0.310 e. The van der Waals surface area contributed by atoms with Crippen LogP contribution in [0.5, 0.6) is 0 Å². The van der Waals surface area contributed by atoms with Crippen molar-refractivity contribution in [1.29, 1.82) is 0 Å². The highest BCUT2D eigenvalue weighted by molar-refractivity contribution is 5.72. The Morgan fingerprint density at radius 2 is 2.45 bits per heavy atom. The van der Waals surface area contributed by atoms with Crippen LogP contribution in [0.15, 0.2) is 12.7 Å². The maximum absolute atomic E-state index is 11.0. The summed E-state index contributed by atoms with van der Waals surface area (Å²) in [6, 6.07) is 0. The molecule has 64 valence electrons. The first-order valence-corrected chi connectivity index (χ1v) is 3.73. The summed E-state index contributed by atoms with van der Waals surface area (Å²) < 4.78 is 4.78. The van der Waals surface area contributed by atoms with Crippen LogP contribution in [0.2, 0.25) is 0 Å². The molecule has 0 saturated heterocycles. The maximum atomic E-state index is 11.0. The fourth-order valence-corrected chi connectivity index (χ4v) is 0.750. The van der Waals surface area contributed by atoms with Crippen molar-refractivity contribution in [2.45, 2.75) is 13.3 Å². The molecule has 0 aromatic heterocycles. The summed E-state index contributed by atoms with van der Waals surface area (Å²) in [6.45, 7) is 6.04. The van der Waals surface area contributed by atoms with E-state index in [-0.39, 0.29) is 11.9 Å². The van der Waals surface area contributed by atoms with E-state index in [4.69, 9.17) is 10.5 Å². The summed E-state index contributed by atoms with van der Waals surface area (Å²) in [5.74, 6) is -0.442. The third-order valence-electron chi connectivity index (χ3n) is 1.36. The summed E-state index contributed by atoms with van der Waals surface area (Å²) in [4.78, 5) is 11.0. The van der Waals surface area contributed by atoms with E-state index >= 15 is 0 Å². The minimum absolute atomic E-state index is 0.215. The third-order valence-corrected chi connectivity index (χ3v) is 1.36. The zero-order valence-corrected chi connectivity index (χ0v) is 6.88. The molecule has 0 aliphatic rings. The van der Waals surface area contributed by atoms with Crippen LogP contribution in [0, 0.1) is 5.92 Å². The van der Waals surface area contributed by atoms with E-state index in [1.807, 2.05) is 0 Å². The van der Waals surface area contributed by atoms with Crippen molar-refractivity contribution >= 4 is 5.97 Å². The van der Waals surface area contributed by atoms with Crippen LogP contribution in [0.1, 0.15) is 13.3 Å². The summed E-state index contributed by atoms with van der Waals surface area (Å²) in [5, 5.41) is 0. The van der Waals surface area contributed by atoms with E-state index < -0.39 is 0 Å². The van der Waals surface area contributed by atoms with Crippen LogP contribution < -0.4 is 5.73 Å². The number of nitrogens with two attached hydrogens (primary N) is 1. The van der Waals surface area contributed by atoms with Gasteiger partial charge in [0.25, 0.3) is 0 Å². The summed E-state index contributed by atoms with van der Waals surface area (Å²) in [5.41, 5.74) is 5.34. The number of rotatable bonds is 5. The molecule has 0 radical (unpaired) electrons. The number of hydrogen-bond donors (Lipinski definition) is 1. The number of carbonyl (C=O) groups excluding carboxylic acids is 1. The topological polar surface area (TPSA) is 52.3 Å². The first-order valence-electron chi connectivity index (χ1n) is 3.73. The van der Waals surface area contributed by atoms with Gasteiger partial charge in [-0.1, -0.05) is 6.08 Å². The van der Waals surface area contributed by atoms with E-state index in [0.717, 1.165) is 0 Å². The Kier molecular flexibility index (Phi) is 5.47. The Morgan fingerprint density at radius 1 is 1.82 bits per heavy atom. The van der Waals surface area contributed by atoms with Gasteiger partial charge in [-0.05, 0) is 13.3 Å². The molecule has 2 N–H and O–H groups in total. The van der Waals surface area contributed by atoms with Gasteiger partial charge in [-0.15, -0.1) is 6.58 Å². The number of ether oxygens (including phenoxy) is 1. The number of allylic oxidation sites excluding steroid dienone is 1. The second-order valence-electron chi connectivity index (χ2n) is 2.21. The molecule has 0 aliphatic carbocycles. The van der Waals surface area contributed by atoms with Gasteiger partial charge in [-0.25, -0.2) is 0 Å². The molecule has 0 saturated carbocycles. The minimum atomic E-state index is -0.227. The number of carbonyl (C=O) groups is 1. The Hall–Kier alpha value is -0.830. The molecule has 0 aromatic carbocycles. The van der Waals surface area contributed by atoms with Crippen molar-refractivity contribution in [3.8, 4) is 0 Å². The molecule has 0 bridgehead atoms. The Balaban J connectivity index is 3.80. The summed E-state index contributed by atoms with van der Waals surface area (Å²) in [7, 11) is 0. The Labute approximate surface area is 67.2 Å². The molecule has 3 heteroatoms. The molecule has 0 aliphatic heterocycles. The first kappa shape index (κ1) is 10.2. The highest BCUT2D eigenvalue weighted by Crippen LogP contribution is 2.03. The second-order valence-corrected chi connectivity index (χ2v) is 2.21. The second kappa shape index (κ2) is 5.92. The van der Waals surface area contributed by atoms with Crippen LogP contribution in [-0.4, -0.2) is 19.1 Å². The highest BCUT2D eigenvalue weighted by atomic mass is 16.5. The molecule has 3 nitrogen and oxygen atoms in total. The van der Waals surface area contributed by atoms with E-state index in [1.165, 1.54) is 0 Å². The molecule has 1 atom stereocenters. The van der Waals surface area contributed by atoms with Gasteiger partial charge in [0, 0.05) is 6.54 Å². The van der Waals surface area contributed by atoms with Crippen LogP contribution >= 0.6 is 0 Å². The van der Waals surface area contributed by atoms with Gasteiger partial charge >= 0.3 is 5.97 Å². The van der Waals surface area contributed by atoms with Crippen molar-refractivity contribution in [3.05, 3.63) is 12.7 Å². The highest BCUT2D eigenvalue weighted by Gasteiger charge is 2.15. The fourth-order valence-electron chi connectivity index (χ4n) is 0.750. The molecular weight excluding hydrogens is 142 g/mol. The summed E-state index contributed by atoms with van der Waals surface area (Å²) >= 11 is 0. The minimum Gasteiger partial charge on any atom is -0.466 e. The maximum Gasteiger partial charge on any atom is 0.310 e. The van der Waals surface area contributed by atoms with Crippen LogP contribution in [-0.2, 0) is 9.53 Å². The van der Waals surface area contributed by atoms with E-state index in [1.54, 1.807) is 13.0 Å². The Bertz CT molecular complexity index is 134. The van der Waals surface area contributed by atoms with Gasteiger partial charge in [0.2, 0.25) is 0 Å². The van der Waals surface area contributed by atoms with Gasteiger partial charge in [-0.2, -0.15) is 0 Å². The number of hydrogen-bond acceptors (Lipinski definition) is 3. The quantitative estimate of drug-likeness (QED) is 0.472. The normalized spacial score (nSPS) is 12.2. The molecule has 0 aromatic rings. The van der Waals surface area contributed by atoms with Crippen molar-refractivity contribution in [1.82, 2.24) is 0 Å². The predicted molar refractivity (Wildman–Crippen MR) is 44.0 cm³/mol. The fraction of sp³-hybridized carbons (Fsp3) is 0.625. The lowest BCUT2D eigenvalue weighted by molar-refractivity contribution is -0.147. The zero-order valence-electron chi connectivity index (χ0n) is 6.88. The molecular formula is C8H15NO2. The predicted octanol–water partition coefficient (Wildman–Crippen LogP) is 0.700. The molecule has 11 heavy (non-hydrogen) atoms. The average molecular weight is 157 g/mol. The van der Waals surface area contributed by atoms with Crippen molar-refractivity contribution in [3.63, 3.8) is 0 Å². The van der Waals surface area contributed by atoms with E-state index in [2.05, 4.69) is 6.58 Å². The zero-order chi connectivity index (χ0) is 8.69.